The third kappa shape index (κ3) is 4.67. The van der Waals surface area contributed by atoms with Crippen molar-refractivity contribution in [2.24, 2.45) is 0 Å². The van der Waals surface area contributed by atoms with Gasteiger partial charge in [0.05, 0.1) is 6.54 Å². The van der Waals surface area contributed by atoms with Crippen LogP contribution in [0.5, 0.6) is 0 Å². The van der Waals surface area contributed by atoms with Crippen molar-refractivity contribution in [1.82, 2.24) is 14.1 Å². The highest BCUT2D eigenvalue weighted by Crippen LogP contribution is 2.23. The predicted molar refractivity (Wildman–Crippen MR) is 101 cm³/mol. The van der Waals surface area contributed by atoms with Gasteiger partial charge in [-0.2, -0.15) is 4.31 Å². The molecular weight excluding hydrogens is 369 g/mol. The topological polar surface area (TPSA) is 60.9 Å². The maximum atomic E-state index is 13.9. The van der Waals surface area contributed by atoms with E-state index in [0.29, 0.717) is 25.7 Å². The van der Waals surface area contributed by atoms with E-state index in [9.17, 15) is 17.6 Å². The highest BCUT2D eigenvalue weighted by Gasteiger charge is 2.31. The zero-order chi connectivity index (χ0) is 19.4. The Morgan fingerprint density at radius 1 is 1.11 bits per heavy atom. The Hall–Kier alpha value is -1.51. The third-order valence-corrected chi connectivity index (χ3v) is 7.59. The minimum absolute atomic E-state index is 0.0901. The van der Waals surface area contributed by atoms with Gasteiger partial charge in [-0.15, -0.1) is 0 Å². The third-order valence-electron chi connectivity index (χ3n) is 5.66. The molecular formula is C19H28FN3O3S. The highest BCUT2D eigenvalue weighted by atomic mass is 32.2. The molecule has 1 aliphatic heterocycles. The maximum Gasteiger partial charge on any atom is 0.246 e. The van der Waals surface area contributed by atoms with Gasteiger partial charge < -0.3 is 4.90 Å². The molecule has 0 aromatic heterocycles. The van der Waals surface area contributed by atoms with Gasteiger partial charge in [0.15, 0.2) is 0 Å². The van der Waals surface area contributed by atoms with Crippen molar-refractivity contribution < 1.29 is 17.6 Å². The summed E-state index contributed by atoms with van der Waals surface area (Å²) in [6, 6.07) is 5.77. The summed E-state index contributed by atoms with van der Waals surface area (Å²) < 4.78 is 40.5. The Morgan fingerprint density at radius 3 is 2.37 bits per heavy atom. The average Bonchev–Trinajstić information content (AvgIpc) is 2.68. The molecule has 1 aliphatic carbocycles. The second-order valence-corrected chi connectivity index (χ2v) is 9.31. The largest absolute Gasteiger partial charge is 0.342 e. The number of sulfonamides is 1. The fourth-order valence-corrected chi connectivity index (χ4v) is 5.38. The summed E-state index contributed by atoms with van der Waals surface area (Å²) in [4.78, 5) is 16.1. The molecule has 1 amide bonds. The number of benzene rings is 1. The van der Waals surface area contributed by atoms with Gasteiger partial charge in [-0.25, -0.2) is 12.8 Å². The number of piperazine rings is 1. The summed E-state index contributed by atoms with van der Waals surface area (Å²) in [6.07, 6.45) is 5.73. The van der Waals surface area contributed by atoms with Crippen molar-refractivity contribution in [3.63, 3.8) is 0 Å². The second-order valence-electron chi connectivity index (χ2n) is 7.41. The average molecular weight is 398 g/mol. The number of likely N-dealkylation sites (N-methyl/N-ethyl adjacent to an activating group) is 1. The van der Waals surface area contributed by atoms with Crippen LogP contribution in [-0.2, 0) is 14.8 Å². The number of amides is 1. The molecule has 2 aliphatic rings. The van der Waals surface area contributed by atoms with Crippen molar-refractivity contribution in [1.29, 1.82) is 0 Å². The number of carbonyl (C=O) groups is 1. The van der Waals surface area contributed by atoms with E-state index in [1.54, 1.807) is 0 Å². The minimum Gasteiger partial charge on any atom is -0.342 e. The Bertz CT molecular complexity index is 757. The van der Waals surface area contributed by atoms with Gasteiger partial charge in [0.1, 0.15) is 10.7 Å². The van der Waals surface area contributed by atoms with Crippen LogP contribution in [0.15, 0.2) is 29.2 Å². The Labute approximate surface area is 161 Å². The first-order valence-corrected chi connectivity index (χ1v) is 11.1. The van der Waals surface area contributed by atoms with Crippen molar-refractivity contribution in [3.8, 4) is 0 Å². The molecule has 1 saturated carbocycles. The number of carbonyl (C=O) groups excluding carboxylic acids is 1. The van der Waals surface area contributed by atoms with Crippen LogP contribution in [0, 0.1) is 5.82 Å². The molecule has 0 radical (unpaired) electrons. The normalized spacial score (nSPS) is 20.5. The molecule has 2 fully saturated rings. The van der Waals surface area contributed by atoms with E-state index < -0.39 is 15.8 Å². The standard InChI is InChI=1S/C19H28FN3O3S/c1-21(16-7-3-2-4-8-16)19(24)15-22-11-13-23(14-12-22)27(25,26)18-10-6-5-9-17(18)20/h5-6,9-10,16H,2-4,7-8,11-15H2,1H3. The first-order chi connectivity index (χ1) is 12.9. The van der Waals surface area contributed by atoms with E-state index in [-0.39, 0.29) is 23.9 Å². The molecule has 0 N–H and O–H groups in total. The lowest BCUT2D eigenvalue weighted by Crippen LogP contribution is -2.52. The van der Waals surface area contributed by atoms with Crippen LogP contribution in [0.4, 0.5) is 4.39 Å². The Balaban J connectivity index is 1.54. The number of hydrogen-bond donors (Lipinski definition) is 0. The Morgan fingerprint density at radius 2 is 1.74 bits per heavy atom. The van der Waals surface area contributed by atoms with Crippen molar-refractivity contribution in [3.05, 3.63) is 30.1 Å². The summed E-state index contributed by atoms with van der Waals surface area (Å²) in [6.45, 7) is 1.77. The quantitative estimate of drug-likeness (QED) is 0.762. The van der Waals surface area contributed by atoms with Crippen molar-refractivity contribution >= 4 is 15.9 Å². The van der Waals surface area contributed by atoms with Crippen LogP contribution < -0.4 is 0 Å². The summed E-state index contributed by atoms with van der Waals surface area (Å²) in [5.74, 6) is -0.642. The van der Waals surface area contributed by atoms with Gasteiger partial charge >= 0.3 is 0 Å². The van der Waals surface area contributed by atoms with Crippen molar-refractivity contribution in [2.45, 2.75) is 43.0 Å². The van der Waals surface area contributed by atoms with Gasteiger partial charge in [-0.3, -0.25) is 9.69 Å². The molecule has 8 heteroatoms. The number of rotatable bonds is 5. The van der Waals surface area contributed by atoms with E-state index in [2.05, 4.69) is 0 Å². The molecule has 150 valence electrons. The van der Waals surface area contributed by atoms with E-state index in [4.69, 9.17) is 0 Å². The molecule has 0 bridgehead atoms. The van der Waals surface area contributed by atoms with Crippen LogP contribution in [0.25, 0.3) is 0 Å². The lowest BCUT2D eigenvalue weighted by atomic mass is 9.94. The molecule has 1 saturated heterocycles. The predicted octanol–water partition coefficient (Wildman–Crippen LogP) is 1.92. The van der Waals surface area contributed by atoms with Crippen LogP contribution in [0.3, 0.4) is 0 Å². The molecule has 3 rings (SSSR count). The van der Waals surface area contributed by atoms with E-state index in [1.807, 2.05) is 16.8 Å². The molecule has 1 heterocycles. The summed E-state index contributed by atoms with van der Waals surface area (Å²) in [5.41, 5.74) is 0. The summed E-state index contributed by atoms with van der Waals surface area (Å²) >= 11 is 0. The van der Waals surface area contributed by atoms with Crippen molar-refractivity contribution in [2.75, 3.05) is 39.8 Å². The van der Waals surface area contributed by atoms with Crippen LogP contribution in [-0.4, -0.2) is 74.2 Å². The lowest BCUT2D eigenvalue weighted by molar-refractivity contribution is -0.134. The molecule has 1 aromatic carbocycles. The monoisotopic (exact) mass is 397 g/mol. The van der Waals surface area contributed by atoms with Gasteiger partial charge in [0, 0.05) is 39.3 Å². The lowest BCUT2D eigenvalue weighted by Gasteiger charge is -2.36. The van der Waals surface area contributed by atoms with Gasteiger partial charge in [0.25, 0.3) is 0 Å². The summed E-state index contributed by atoms with van der Waals surface area (Å²) in [7, 11) is -1.97. The van der Waals surface area contributed by atoms with Crippen LogP contribution in [0.2, 0.25) is 0 Å². The fourth-order valence-electron chi connectivity index (χ4n) is 3.90. The zero-order valence-corrected chi connectivity index (χ0v) is 16.6. The van der Waals surface area contributed by atoms with E-state index >= 15 is 0 Å². The van der Waals surface area contributed by atoms with E-state index in [0.717, 1.165) is 18.9 Å². The van der Waals surface area contributed by atoms with Gasteiger partial charge in [-0.1, -0.05) is 31.4 Å². The first-order valence-electron chi connectivity index (χ1n) is 9.62. The van der Waals surface area contributed by atoms with Crippen LogP contribution >= 0.6 is 0 Å². The van der Waals surface area contributed by atoms with Crippen LogP contribution in [0.1, 0.15) is 32.1 Å². The van der Waals surface area contributed by atoms with E-state index in [1.165, 1.54) is 41.8 Å². The maximum absolute atomic E-state index is 13.9. The number of halogens is 1. The zero-order valence-electron chi connectivity index (χ0n) is 15.8. The molecule has 1 aromatic rings. The number of nitrogens with zero attached hydrogens (tertiary/aromatic N) is 3. The number of hydrogen-bond acceptors (Lipinski definition) is 4. The summed E-state index contributed by atoms with van der Waals surface area (Å²) in [5, 5.41) is 0. The highest BCUT2D eigenvalue weighted by molar-refractivity contribution is 7.89. The SMILES string of the molecule is CN(C(=O)CN1CCN(S(=O)(=O)c2ccccc2F)CC1)C1CCCCC1. The molecule has 0 atom stereocenters. The molecule has 0 unspecified atom stereocenters. The smallest absolute Gasteiger partial charge is 0.246 e. The first kappa shape index (κ1) is 20.2. The Kier molecular flexibility index (Phi) is 6.49. The van der Waals surface area contributed by atoms with Gasteiger partial charge in [-0.05, 0) is 25.0 Å². The minimum atomic E-state index is -3.84. The molecule has 27 heavy (non-hydrogen) atoms. The molecule has 6 nitrogen and oxygen atoms in total. The molecule has 0 spiro atoms. The second kappa shape index (κ2) is 8.67. The van der Waals surface area contributed by atoms with Gasteiger partial charge in [0.2, 0.25) is 15.9 Å². The fraction of sp³-hybridized carbons (Fsp3) is 0.632.